The second-order valence-corrected chi connectivity index (χ2v) is 6.87. The van der Waals surface area contributed by atoms with E-state index in [1.54, 1.807) is 11.3 Å². The quantitative estimate of drug-likeness (QED) is 0.718. The van der Waals surface area contributed by atoms with E-state index in [9.17, 15) is 0 Å². The Labute approximate surface area is 129 Å². The number of aryl methyl sites for hydroxylation is 1. The Bertz CT molecular complexity index is 686. The van der Waals surface area contributed by atoms with Gasteiger partial charge in [0.2, 0.25) is 0 Å². The average Bonchev–Trinajstić information content (AvgIpc) is 3.19. The molecule has 0 aromatic carbocycles. The lowest BCUT2D eigenvalue weighted by Gasteiger charge is -2.04. The van der Waals surface area contributed by atoms with Crippen molar-refractivity contribution in [2.45, 2.75) is 36.3 Å². The first kappa shape index (κ1) is 13.7. The van der Waals surface area contributed by atoms with E-state index in [1.165, 1.54) is 23.3 Å². The summed E-state index contributed by atoms with van der Waals surface area (Å²) < 4.78 is 7.33. The molecular weight excluding hydrogens is 310 g/mol. The van der Waals surface area contributed by atoms with Gasteiger partial charge >= 0.3 is 0 Å². The minimum atomic E-state index is 0.835. The van der Waals surface area contributed by atoms with E-state index in [4.69, 9.17) is 0 Å². The Morgan fingerprint density at radius 2 is 2.20 bits per heavy atom. The first-order valence-corrected chi connectivity index (χ1v) is 8.76. The van der Waals surface area contributed by atoms with Crippen LogP contribution in [0.1, 0.15) is 19.7 Å². The highest BCUT2D eigenvalue weighted by Crippen LogP contribution is 2.31. The van der Waals surface area contributed by atoms with Gasteiger partial charge in [-0.25, -0.2) is 4.98 Å². The maximum absolute atomic E-state index is 4.46. The Morgan fingerprint density at radius 3 is 2.85 bits per heavy atom. The second kappa shape index (κ2) is 6.02. The van der Waals surface area contributed by atoms with Crippen molar-refractivity contribution in [2.24, 2.45) is 0 Å². The topological polar surface area (TPSA) is 56.5 Å². The highest BCUT2D eigenvalue weighted by atomic mass is 32.2. The molecule has 0 bridgehead atoms. The third-order valence-electron chi connectivity index (χ3n) is 2.72. The smallest absolute Gasteiger partial charge is 0.198 e. The summed E-state index contributed by atoms with van der Waals surface area (Å²) in [5, 5.41) is 11.5. The van der Waals surface area contributed by atoms with E-state index in [0.717, 1.165) is 39.0 Å². The summed E-state index contributed by atoms with van der Waals surface area (Å²) in [6.07, 6.45) is 0.859. The van der Waals surface area contributed by atoms with Gasteiger partial charge < -0.3 is 4.57 Å². The molecule has 0 radical (unpaired) electrons. The summed E-state index contributed by atoms with van der Waals surface area (Å²) >= 11 is 4.63. The van der Waals surface area contributed by atoms with Crippen molar-refractivity contribution in [1.82, 2.24) is 24.1 Å². The van der Waals surface area contributed by atoms with E-state index in [2.05, 4.69) is 49.4 Å². The van der Waals surface area contributed by atoms with Gasteiger partial charge in [-0.3, -0.25) is 0 Å². The molecule has 0 spiro atoms. The van der Waals surface area contributed by atoms with E-state index >= 15 is 0 Å². The van der Waals surface area contributed by atoms with Gasteiger partial charge in [-0.2, -0.15) is 4.37 Å². The van der Waals surface area contributed by atoms with Gasteiger partial charge in [0.15, 0.2) is 15.3 Å². The fraction of sp³-hybridized carbons (Fsp3) is 0.333. The Hall–Kier alpha value is -1.25. The van der Waals surface area contributed by atoms with Gasteiger partial charge in [-0.1, -0.05) is 13.0 Å². The third kappa shape index (κ3) is 2.63. The highest BCUT2D eigenvalue weighted by Gasteiger charge is 2.16. The van der Waals surface area contributed by atoms with Crippen LogP contribution in [-0.2, 0) is 13.0 Å². The summed E-state index contributed by atoms with van der Waals surface area (Å²) in [6.45, 7) is 4.99. The van der Waals surface area contributed by atoms with Crippen LogP contribution in [0.5, 0.6) is 0 Å². The summed E-state index contributed by atoms with van der Waals surface area (Å²) in [4.78, 5) is 5.60. The molecule has 3 aromatic rings. The molecule has 20 heavy (non-hydrogen) atoms. The first-order valence-electron chi connectivity index (χ1n) is 6.29. The van der Waals surface area contributed by atoms with Crippen molar-refractivity contribution in [2.75, 3.05) is 0 Å². The Balaban J connectivity index is 1.90. The van der Waals surface area contributed by atoms with Gasteiger partial charge in [0.1, 0.15) is 5.82 Å². The van der Waals surface area contributed by atoms with Crippen molar-refractivity contribution >= 4 is 34.6 Å². The average molecular weight is 323 g/mol. The Kier molecular flexibility index (Phi) is 4.13. The minimum absolute atomic E-state index is 0.835. The van der Waals surface area contributed by atoms with Crippen LogP contribution in [0.2, 0.25) is 0 Å². The molecule has 0 atom stereocenters. The van der Waals surface area contributed by atoms with E-state index in [1.807, 2.05) is 6.07 Å². The van der Waals surface area contributed by atoms with Gasteiger partial charge in [0.25, 0.3) is 0 Å². The van der Waals surface area contributed by atoms with Crippen LogP contribution in [0.4, 0.5) is 0 Å². The van der Waals surface area contributed by atoms with Crippen molar-refractivity contribution in [3.05, 3.63) is 23.3 Å². The molecule has 0 N–H and O–H groups in total. The molecule has 0 saturated heterocycles. The molecule has 104 valence electrons. The number of aromatic nitrogens is 5. The number of hydrogen-bond donors (Lipinski definition) is 0. The summed E-state index contributed by atoms with van der Waals surface area (Å²) in [7, 11) is 0. The predicted octanol–water partition coefficient (Wildman–Crippen LogP) is 3.59. The summed E-state index contributed by atoms with van der Waals surface area (Å²) in [5.74, 6) is 1.81. The third-order valence-corrected chi connectivity index (χ3v) is 5.36. The zero-order valence-corrected chi connectivity index (χ0v) is 13.6. The van der Waals surface area contributed by atoms with Crippen LogP contribution in [-0.4, -0.2) is 24.1 Å². The zero-order chi connectivity index (χ0) is 13.9. The molecule has 3 aromatic heterocycles. The maximum atomic E-state index is 4.46. The molecule has 0 saturated carbocycles. The van der Waals surface area contributed by atoms with Gasteiger partial charge in [-0.15, -0.1) is 21.5 Å². The lowest BCUT2D eigenvalue weighted by Crippen LogP contribution is -1.98. The standard InChI is InChI=1S/C12H13N5S3/c1-3-9-13-12(20-16-9)19-11-15-14-10(17(11)4-2)8-6-5-7-18-8/h5-7H,3-4H2,1-2H3. The van der Waals surface area contributed by atoms with Gasteiger partial charge in [0.05, 0.1) is 4.88 Å². The highest BCUT2D eigenvalue weighted by molar-refractivity contribution is 8.00. The summed E-state index contributed by atoms with van der Waals surface area (Å²) in [6, 6.07) is 4.09. The normalized spacial score (nSPS) is 11.1. The molecule has 5 nitrogen and oxygen atoms in total. The minimum Gasteiger partial charge on any atom is -0.301 e. The van der Waals surface area contributed by atoms with E-state index in [0.29, 0.717) is 0 Å². The van der Waals surface area contributed by atoms with Crippen LogP contribution in [0, 0.1) is 0 Å². The van der Waals surface area contributed by atoms with Gasteiger partial charge in [0, 0.05) is 13.0 Å². The lowest BCUT2D eigenvalue weighted by atomic mass is 10.4. The SMILES string of the molecule is CCc1nsc(Sc2nnc(-c3cccs3)n2CC)n1. The number of nitrogens with zero attached hydrogens (tertiary/aromatic N) is 5. The molecule has 0 unspecified atom stereocenters. The Morgan fingerprint density at radius 1 is 1.30 bits per heavy atom. The van der Waals surface area contributed by atoms with Gasteiger partial charge in [-0.05, 0) is 41.7 Å². The van der Waals surface area contributed by atoms with Crippen molar-refractivity contribution in [3.63, 3.8) is 0 Å². The lowest BCUT2D eigenvalue weighted by molar-refractivity contribution is 0.688. The van der Waals surface area contributed by atoms with Crippen LogP contribution in [0.3, 0.4) is 0 Å². The molecule has 0 fully saturated rings. The largest absolute Gasteiger partial charge is 0.301 e. The second-order valence-electron chi connectivity index (χ2n) is 3.96. The molecule has 0 amide bonds. The molecule has 0 aliphatic heterocycles. The van der Waals surface area contributed by atoms with E-state index in [-0.39, 0.29) is 0 Å². The fourth-order valence-corrected chi connectivity index (χ4v) is 4.15. The number of hydrogen-bond acceptors (Lipinski definition) is 7. The van der Waals surface area contributed by atoms with Crippen LogP contribution in [0.25, 0.3) is 10.7 Å². The molecule has 0 aliphatic rings. The number of thiophene rings is 1. The van der Waals surface area contributed by atoms with Crippen molar-refractivity contribution in [3.8, 4) is 10.7 Å². The van der Waals surface area contributed by atoms with Crippen molar-refractivity contribution < 1.29 is 0 Å². The van der Waals surface area contributed by atoms with Crippen LogP contribution in [0.15, 0.2) is 27.0 Å². The van der Waals surface area contributed by atoms with E-state index < -0.39 is 0 Å². The molecule has 0 aliphatic carbocycles. The first-order chi connectivity index (χ1) is 9.81. The zero-order valence-electron chi connectivity index (χ0n) is 11.1. The van der Waals surface area contributed by atoms with Crippen molar-refractivity contribution in [1.29, 1.82) is 0 Å². The number of rotatable bonds is 5. The monoisotopic (exact) mass is 323 g/mol. The molecular formula is C12H13N5S3. The molecule has 8 heteroatoms. The fourth-order valence-electron chi connectivity index (χ4n) is 1.74. The maximum Gasteiger partial charge on any atom is 0.198 e. The predicted molar refractivity (Wildman–Crippen MR) is 82.4 cm³/mol. The van der Waals surface area contributed by atoms with Crippen LogP contribution < -0.4 is 0 Å². The molecule has 3 rings (SSSR count). The molecule has 3 heterocycles. The summed E-state index contributed by atoms with van der Waals surface area (Å²) in [5.41, 5.74) is 0. The van der Waals surface area contributed by atoms with Crippen LogP contribution >= 0.6 is 34.6 Å².